The predicted molar refractivity (Wildman–Crippen MR) is 78.2 cm³/mol. The average Bonchev–Trinajstić information content (AvgIpc) is 2.86. The second-order valence-electron chi connectivity index (χ2n) is 4.51. The molecule has 0 saturated heterocycles. The summed E-state index contributed by atoms with van der Waals surface area (Å²) < 4.78 is 1.99. The van der Waals surface area contributed by atoms with Crippen molar-refractivity contribution < 1.29 is 5.11 Å². The Hall–Kier alpha value is -2.13. The van der Waals surface area contributed by atoms with Crippen LogP contribution in [0.3, 0.4) is 0 Å². The van der Waals surface area contributed by atoms with E-state index in [4.69, 9.17) is 5.11 Å². The van der Waals surface area contributed by atoms with Crippen molar-refractivity contribution in [3.8, 4) is 5.69 Å². The molecule has 3 nitrogen and oxygen atoms in total. The van der Waals surface area contributed by atoms with E-state index in [-0.39, 0.29) is 6.61 Å². The number of imidazole rings is 1. The second kappa shape index (κ2) is 6.16. The quantitative estimate of drug-likeness (QED) is 0.851. The zero-order chi connectivity index (χ0) is 13.7. The van der Waals surface area contributed by atoms with Crippen molar-refractivity contribution in [3.63, 3.8) is 0 Å². The van der Waals surface area contributed by atoms with Crippen molar-refractivity contribution in [2.75, 3.05) is 6.61 Å². The maximum Gasteiger partial charge on any atom is 0.0999 e. The summed E-state index contributed by atoms with van der Waals surface area (Å²) >= 11 is 0. The zero-order valence-electron chi connectivity index (χ0n) is 11.2. The first-order valence-electron chi connectivity index (χ1n) is 6.26. The monoisotopic (exact) mass is 254 g/mol. The first-order valence-corrected chi connectivity index (χ1v) is 6.26. The molecule has 19 heavy (non-hydrogen) atoms. The van der Waals surface area contributed by atoms with Crippen molar-refractivity contribution >= 4 is 6.08 Å². The van der Waals surface area contributed by atoms with Gasteiger partial charge in [-0.05, 0) is 32.1 Å². The molecular formula is C16H18N2O. The van der Waals surface area contributed by atoms with Gasteiger partial charge in [0.05, 0.1) is 18.6 Å². The summed E-state index contributed by atoms with van der Waals surface area (Å²) in [4.78, 5) is 4.33. The normalized spacial score (nSPS) is 12.3. The minimum Gasteiger partial charge on any atom is -0.392 e. The number of hydrogen-bond donors (Lipinski definition) is 1. The molecule has 1 N–H and O–H groups in total. The van der Waals surface area contributed by atoms with Crippen molar-refractivity contribution in [2.24, 2.45) is 0 Å². The SMILES string of the molecule is CC(/C=C/c1cn(-c2ccc(C)cc2)cn1)=C\CO. The molecule has 0 aliphatic heterocycles. The fraction of sp³-hybridized carbons (Fsp3) is 0.188. The highest BCUT2D eigenvalue weighted by atomic mass is 16.2. The van der Waals surface area contributed by atoms with E-state index in [1.165, 1.54) is 5.56 Å². The van der Waals surface area contributed by atoms with Crippen molar-refractivity contribution in [1.29, 1.82) is 0 Å². The van der Waals surface area contributed by atoms with Gasteiger partial charge in [0, 0.05) is 11.9 Å². The molecule has 0 spiro atoms. The van der Waals surface area contributed by atoms with Crippen molar-refractivity contribution in [3.05, 3.63) is 65.8 Å². The molecule has 1 heterocycles. The van der Waals surface area contributed by atoms with Gasteiger partial charge in [0.25, 0.3) is 0 Å². The van der Waals surface area contributed by atoms with Crippen LogP contribution < -0.4 is 0 Å². The van der Waals surface area contributed by atoms with E-state index in [0.29, 0.717) is 0 Å². The highest BCUT2D eigenvalue weighted by Crippen LogP contribution is 2.11. The molecule has 2 aromatic rings. The number of hydrogen-bond acceptors (Lipinski definition) is 2. The third kappa shape index (κ3) is 3.66. The van der Waals surface area contributed by atoms with Gasteiger partial charge in [0.2, 0.25) is 0 Å². The Balaban J connectivity index is 2.15. The van der Waals surface area contributed by atoms with Gasteiger partial charge in [0.15, 0.2) is 0 Å². The molecule has 0 radical (unpaired) electrons. The lowest BCUT2D eigenvalue weighted by Gasteiger charge is -2.01. The van der Waals surface area contributed by atoms with Gasteiger partial charge >= 0.3 is 0 Å². The molecule has 0 atom stereocenters. The lowest BCUT2D eigenvalue weighted by molar-refractivity contribution is 0.342. The van der Waals surface area contributed by atoms with Crippen LogP contribution in [-0.4, -0.2) is 21.3 Å². The summed E-state index contributed by atoms with van der Waals surface area (Å²) in [6, 6.07) is 8.31. The van der Waals surface area contributed by atoms with Crippen LogP contribution in [0.1, 0.15) is 18.2 Å². The second-order valence-corrected chi connectivity index (χ2v) is 4.51. The van der Waals surface area contributed by atoms with Crippen molar-refractivity contribution in [1.82, 2.24) is 9.55 Å². The minimum atomic E-state index is 0.0635. The number of aliphatic hydroxyl groups excluding tert-OH is 1. The Morgan fingerprint density at radius 1 is 1.32 bits per heavy atom. The van der Waals surface area contributed by atoms with E-state index in [0.717, 1.165) is 17.0 Å². The summed E-state index contributed by atoms with van der Waals surface area (Å²) in [6.45, 7) is 4.08. The Bertz CT molecular complexity index is 591. The van der Waals surface area contributed by atoms with Crippen LogP contribution >= 0.6 is 0 Å². The molecule has 0 amide bonds. The highest BCUT2D eigenvalue weighted by Gasteiger charge is 1.98. The Morgan fingerprint density at radius 2 is 2.05 bits per heavy atom. The van der Waals surface area contributed by atoms with E-state index < -0.39 is 0 Å². The van der Waals surface area contributed by atoms with Crippen LogP contribution in [0.15, 0.2) is 54.5 Å². The van der Waals surface area contributed by atoms with Crippen LogP contribution in [-0.2, 0) is 0 Å². The molecular weight excluding hydrogens is 236 g/mol. The summed E-state index contributed by atoms with van der Waals surface area (Å²) in [5.41, 5.74) is 4.26. The molecule has 0 fully saturated rings. The minimum absolute atomic E-state index is 0.0635. The van der Waals surface area contributed by atoms with E-state index in [1.807, 2.05) is 29.8 Å². The predicted octanol–water partition coefficient (Wildman–Crippen LogP) is 3.13. The lowest BCUT2D eigenvalue weighted by atomic mass is 10.2. The summed E-state index contributed by atoms with van der Waals surface area (Å²) in [5, 5.41) is 8.78. The van der Waals surface area contributed by atoms with Gasteiger partial charge in [-0.25, -0.2) is 4.98 Å². The van der Waals surface area contributed by atoms with E-state index >= 15 is 0 Å². The molecule has 0 bridgehead atoms. The molecule has 1 aromatic heterocycles. The fourth-order valence-corrected chi connectivity index (χ4v) is 1.71. The van der Waals surface area contributed by atoms with Gasteiger partial charge in [-0.3, -0.25) is 0 Å². The van der Waals surface area contributed by atoms with Gasteiger partial charge in [0.1, 0.15) is 0 Å². The maximum absolute atomic E-state index is 8.78. The smallest absolute Gasteiger partial charge is 0.0999 e. The van der Waals surface area contributed by atoms with E-state index in [9.17, 15) is 0 Å². The molecule has 0 saturated carbocycles. The van der Waals surface area contributed by atoms with Gasteiger partial charge < -0.3 is 9.67 Å². The van der Waals surface area contributed by atoms with Crippen LogP contribution in [0.2, 0.25) is 0 Å². The van der Waals surface area contributed by atoms with Crippen LogP contribution in [0.4, 0.5) is 0 Å². The largest absolute Gasteiger partial charge is 0.392 e. The first kappa shape index (κ1) is 13.3. The number of aryl methyl sites for hydroxylation is 1. The molecule has 1 aromatic carbocycles. The zero-order valence-corrected chi connectivity index (χ0v) is 11.2. The topological polar surface area (TPSA) is 38.0 Å². The van der Waals surface area contributed by atoms with E-state index in [2.05, 4.69) is 36.2 Å². The number of allylic oxidation sites excluding steroid dienone is 2. The molecule has 0 aliphatic carbocycles. The molecule has 2 rings (SSSR count). The molecule has 0 unspecified atom stereocenters. The van der Waals surface area contributed by atoms with Crippen LogP contribution in [0.5, 0.6) is 0 Å². The first-order chi connectivity index (χ1) is 9.19. The Kier molecular flexibility index (Phi) is 4.31. The Labute approximate surface area is 113 Å². The van der Waals surface area contributed by atoms with Gasteiger partial charge in [-0.2, -0.15) is 0 Å². The third-order valence-corrected chi connectivity index (χ3v) is 2.86. The number of benzene rings is 1. The average molecular weight is 254 g/mol. The molecule has 3 heteroatoms. The number of aromatic nitrogens is 2. The maximum atomic E-state index is 8.78. The van der Waals surface area contributed by atoms with Gasteiger partial charge in [-0.1, -0.05) is 35.4 Å². The highest BCUT2D eigenvalue weighted by molar-refractivity contribution is 5.49. The molecule has 98 valence electrons. The fourth-order valence-electron chi connectivity index (χ4n) is 1.71. The number of rotatable bonds is 4. The number of nitrogens with zero attached hydrogens (tertiary/aromatic N) is 2. The van der Waals surface area contributed by atoms with E-state index in [1.54, 1.807) is 12.4 Å². The Morgan fingerprint density at radius 3 is 2.74 bits per heavy atom. The standard InChI is InChI=1S/C16H18N2O/c1-13-4-7-16(8-5-13)18-11-15(17-12-18)6-3-14(2)9-10-19/h3-9,11-12,19H,10H2,1-2H3/b6-3+,14-9+. The summed E-state index contributed by atoms with van der Waals surface area (Å²) in [6.07, 6.45) is 9.42. The molecule has 0 aliphatic rings. The van der Waals surface area contributed by atoms with Crippen molar-refractivity contribution in [2.45, 2.75) is 13.8 Å². The third-order valence-electron chi connectivity index (χ3n) is 2.86. The van der Waals surface area contributed by atoms with Gasteiger partial charge in [-0.15, -0.1) is 0 Å². The van der Waals surface area contributed by atoms with Crippen LogP contribution in [0.25, 0.3) is 11.8 Å². The lowest BCUT2D eigenvalue weighted by Crippen LogP contribution is -1.88. The number of aliphatic hydroxyl groups is 1. The summed E-state index contributed by atoms with van der Waals surface area (Å²) in [7, 11) is 0. The van der Waals surface area contributed by atoms with Crippen LogP contribution in [0, 0.1) is 6.92 Å². The summed E-state index contributed by atoms with van der Waals surface area (Å²) in [5.74, 6) is 0.